The fourth-order valence-electron chi connectivity index (χ4n) is 0.586. The number of hydrogen-bond donors (Lipinski definition) is 1. The van der Waals surface area contributed by atoms with Crippen LogP contribution >= 0.6 is 0 Å². The Morgan fingerprint density at radius 3 is 2.82 bits per heavy atom. The highest BCUT2D eigenvalue weighted by Gasteiger charge is 2.15. The molecule has 62 valence electrons. The van der Waals surface area contributed by atoms with E-state index in [1.807, 2.05) is 0 Å². The molecule has 1 N–H and O–H groups in total. The third-order valence-corrected chi connectivity index (χ3v) is 1.01. The van der Waals surface area contributed by atoms with Crippen LogP contribution in [-0.4, -0.2) is 17.2 Å². The molecule has 0 unspecified atom stereocenters. The second-order valence-corrected chi connectivity index (χ2v) is 1.88. The molecule has 11 heavy (non-hydrogen) atoms. The van der Waals surface area contributed by atoms with Gasteiger partial charge in [-0.15, -0.1) is 0 Å². The third-order valence-electron chi connectivity index (χ3n) is 1.01. The quantitative estimate of drug-likeness (QED) is 0.713. The van der Waals surface area contributed by atoms with Crippen LogP contribution in [0.2, 0.25) is 0 Å². The molecular weight excluding hydrogens is 156 g/mol. The van der Waals surface area contributed by atoms with E-state index in [9.17, 15) is 8.78 Å². The monoisotopic (exact) mass is 163 g/mol. The van der Waals surface area contributed by atoms with Crippen molar-refractivity contribution in [3.8, 4) is 0 Å². The minimum Gasteiger partial charge on any atom is -0.333 e. The molecule has 0 aliphatic carbocycles. The van der Waals surface area contributed by atoms with Gasteiger partial charge in [-0.3, -0.25) is 0 Å². The van der Waals surface area contributed by atoms with Gasteiger partial charge in [-0.05, 0) is 7.05 Å². The maximum atomic E-state index is 11.8. The molecular formula is C5H7F2N3O. The van der Waals surface area contributed by atoms with Crippen molar-refractivity contribution in [3.05, 3.63) is 11.7 Å². The number of rotatable bonds is 3. The summed E-state index contributed by atoms with van der Waals surface area (Å²) in [6.45, 7) is 0.330. The predicted octanol–water partition coefficient (Wildman–Crippen LogP) is 0.727. The summed E-state index contributed by atoms with van der Waals surface area (Å²) < 4.78 is 27.8. The van der Waals surface area contributed by atoms with Gasteiger partial charge in [0.1, 0.15) is 0 Å². The van der Waals surface area contributed by atoms with E-state index in [0.717, 1.165) is 0 Å². The first-order valence-electron chi connectivity index (χ1n) is 2.99. The van der Waals surface area contributed by atoms with Gasteiger partial charge in [0.05, 0.1) is 6.54 Å². The minimum atomic E-state index is -2.69. The molecule has 0 saturated heterocycles. The molecule has 1 heterocycles. The van der Waals surface area contributed by atoms with Crippen LogP contribution < -0.4 is 5.32 Å². The summed E-state index contributed by atoms with van der Waals surface area (Å²) in [6, 6.07) is 0. The number of nitrogens with one attached hydrogen (secondary N) is 1. The van der Waals surface area contributed by atoms with Gasteiger partial charge in [0.2, 0.25) is 0 Å². The number of hydrogen-bond acceptors (Lipinski definition) is 4. The molecule has 1 aromatic rings. The van der Waals surface area contributed by atoms with Gasteiger partial charge in [0, 0.05) is 0 Å². The molecule has 0 saturated carbocycles. The Morgan fingerprint density at radius 1 is 1.64 bits per heavy atom. The van der Waals surface area contributed by atoms with Gasteiger partial charge in [0.15, 0.2) is 5.82 Å². The zero-order valence-electron chi connectivity index (χ0n) is 5.84. The zero-order chi connectivity index (χ0) is 8.27. The van der Waals surface area contributed by atoms with E-state index in [2.05, 4.69) is 20.0 Å². The molecule has 0 radical (unpaired) electrons. The van der Waals surface area contributed by atoms with Crippen molar-refractivity contribution in [2.24, 2.45) is 0 Å². The average Bonchev–Trinajstić information content (AvgIpc) is 2.37. The normalized spacial score (nSPS) is 10.9. The standard InChI is InChI=1S/C5H7F2N3O/c1-8-2-3-9-5(4(6)7)11-10-3/h4,8H,2H2,1H3. The van der Waals surface area contributed by atoms with E-state index in [0.29, 0.717) is 6.54 Å². The van der Waals surface area contributed by atoms with Gasteiger partial charge < -0.3 is 9.84 Å². The van der Waals surface area contributed by atoms with Crippen LogP contribution in [0.1, 0.15) is 18.1 Å². The Morgan fingerprint density at radius 2 is 2.36 bits per heavy atom. The highest BCUT2D eigenvalue weighted by Crippen LogP contribution is 2.15. The average molecular weight is 163 g/mol. The van der Waals surface area contributed by atoms with Gasteiger partial charge in [-0.1, -0.05) is 5.16 Å². The fraction of sp³-hybridized carbons (Fsp3) is 0.600. The van der Waals surface area contributed by atoms with Gasteiger partial charge in [-0.2, -0.15) is 13.8 Å². The van der Waals surface area contributed by atoms with Crippen molar-refractivity contribution in [2.45, 2.75) is 13.0 Å². The van der Waals surface area contributed by atoms with Crippen molar-refractivity contribution in [1.29, 1.82) is 0 Å². The van der Waals surface area contributed by atoms with Crippen LogP contribution in [0.3, 0.4) is 0 Å². The van der Waals surface area contributed by atoms with Crippen LogP contribution in [0.25, 0.3) is 0 Å². The van der Waals surface area contributed by atoms with Crippen LogP contribution in [0.4, 0.5) is 8.78 Å². The summed E-state index contributed by atoms with van der Waals surface area (Å²) in [5.74, 6) is -0.391. The van der Waals surface area contributed by atoms with E-state index in [4.69, 9.17) is 0 Å². The molecule has 4 nitrogen and oxygen atoms in total. The second-order valence-electron chi connectivity index (χ2n) is 1.88. The summed E-state index contributed by atoms with van der Waals surface area (Å²) >= 11 is 0. The molecule has 0 aromatic carbocycles. The molecule has 0 amide bonds. The summed E-state index contributed by atoms with van der Waals surface area (Å²) in [4.78, 5) is 3.41. The maximum Gasteiger partial charge on any atom is 0.315 e. The molecule has 1 aromatic heterocycles. The lowest BCUT2D eigenvalue weighted by atomic mass is 10.6. The number of halogens is 2. The third kappa shape index (κ3) is 1.94. The molecule has 0 aliphatic rings. The van der Waals surface area contributed by atoms with Crippen molar-refractivity contribution in [1.82, 2.24) is 15.5 Å². The topological polar surface area (TPSA) is 51.0 Å². The van der Waals surface area contributed by atoms with Gasteiger partial charge in [-0.25, -0.2) is 0 Å². The van der Waals surface area contributed by atoms with Crippen molar-refractivity contribution in [2.75, 3.05) is 7.05 Å². The lowest BCUT2D eigenvalue weighted by Gasteiger charge is -1.87. The molecule has 0 bridgehead atoms. The SMILES string of the molecule is CNCc1noc(C(F)F)n1. The van der Waals surface area contributed by atoms with Gasteiger partial charge in [0.25, 0.3) is 5.89 Å². The lowest BCUT2D eigenvalue weighted by molar-refractivity contribution is 0.106. The first kappa shape index (κ1) is 8.06. The van der Waals surface area contributed by atoms with Crippen LogP contribution in [0, 0.1) is 0 Å². The molecule has 0 aliphatic heterocycles. The minimum absolute atomic E-state index is 0.239. The lowest BCUT2D eigenvalue weighted by Crippen LogP contribution is -2.06. The number of alkyl halides is 2. The highest BCUT2D eigenvalue weighted by atomic mass is 19.3. The summed E-state index contributed by atoms with van der Waals surface area (Å²) in [5.41, 5.74) is 0. The van der Waals surface area contributed by atoms with Crippen molar-refractivity contribution in [3.63, 3.8) is 0 Å². The Kier molecular flexibility index (Phi) is 2.48. The Hall–Kier alpha value is -1.04. The number of aromatic nitrogens is 2. The molecule has 0 atom stereocenters. The molecule has 1 rings (SSSR count). The van der Waals surface area contributed by atoms with E-state index in [1.165, 1.54) is 0 Å². The Balaban J connectivity index is 2.66. The second kappa shape index (κ2) is 3.38. The first-order valence-corrected chi connectivity index (χ1v) is 2.99. The summed E-state index contributed by atoms with van der Waals surface area (Å²) in [5, 5.41) is 6.00. The van der Waals surface area contributed by atoms with E-state index in [-0.39, 0.29) is 5.82 Å². The Labute approximate surface area is 61.6 Å². The molecule has 6 heteroatoms. The predicted molar refractivity (Wildman–Crippen MR) is 32.0 cm³/mol. The molecule has 0 fully saturated rings. The summed E-state index contributed by atoms with van der Waals surface area (Å²) in [6.07, 6.45) is -2.69. The highest BCUT2D eigenvalue weighted by molar-refractivity contribution is 4.86. The smallest absolute Gasteiger partial charge is 0.315 e. The van der Waals surface area contributed by atoms with E-state index in [1.54, 1.807) is 7.05 Å². The van der Waals surface area contributed by atoms with Crippen LogP contribution in [0.5, 0.6) is 0 Å². The number of nitrogens with zero attached hydrogens (tertiary/aromatic N) is 2. The van der Waals surface area contributed by atoms with E-state index >= 15 is 0 Å². The van der Waals surface area contributed by atoms with Crippen molar-refractivity contribution >= 4 is 0 Å². The van der Waals surface area contributed by atoms with Gasteiger partial charge >= 0.3 is 6.43 Å². The van der Waals surface area contributed by atoms with E-state index < -0.39 is 12.3 Å². The Bertz CT molecular complexity index is 225. The zero-order valence-corrected chi connectivity index (χ0v) is 5.84. The maximum absolute atomic E-state index is 11.8. The largest absolute Gasteiger partial charge is 0.333 e. The molecule has 0 spiro atoms. The van der Waals surface area contributed by atoms with Crippen LogP contribution in [-0.2, 0) is 6.54 Å². The first-order chi connectivity index (χ1) is 5.24. The summed E-state index contributed by atoms with van der Waals surface area (Å²) in [7, 11) is 1.67. The fourth-order valence-corrected chi connectivity index (χ4v) is 0.586. The van der Waals surface area contributed by atoms with Crippen LogP contribution in [0.15, 0.2) is 4.52 Å². The van der Waals surface area contributed by atoms with Crippen molar-refractivity contribution < 1.29 is 13.3 Å².